The van der Waals surface area contributed by atoms with Crippen LogP contribution in [0.15, 0.2) is 24.5 Å². The molecule has 0 aromatic carbocycles. The van der Waals surface area contributed by atoms with Gasteiger partial charge in [0.2, 0.25) is 0 Å². The van der Waals surface area contributed by atoms with Gasteiger partial charge in [-0.2, -0.15) is 5.10 Å². The Morgan fingerprint density at radius 2 is 2.26 bits per heavy atom. The van der Waals surface area contributed by atoms with Gasteiger partial charge in [0, 0.05) is 18.3 Å². The van der Waals surface area contributed by atoms with E-state index in [1.807, 2.05) is 0 Å². The van der Waals surface area contributed by atoms with E-state index >= 15 is 0 Å². The van der Waals surface area contributed by atoms with Crippen LogP contribution in [0.2, 0.25) is 5.02 Å². The first-order chi connectivity index (χ1) is 9.24. The van der Waals surface area contributed by atoms with E-state index < -0.39 is 0 Å². The highest BCUT2D eigenvalue weighted by atomic mass is 35.5. The summed E-state index contributed by atoms with van der Waals surface area (Å²) in [6, 6.07) is 4.93. The van der Waals surface area contributed by atoms with Crippen molar-refractivity contribution in [3.05, 3.63) is 40.8 Å². The molecule has 0 bridgehead atoms. The molecule has 19 heavy (non-hydrogen) atoms. The fraction of sp³-hybridized carbons (Fsp3) is 0.429. The number of halogens is 1. The van der Waals surface area contributed by atoms with Crippen LogP contribution in [0.3, 0.4) is 0 Å². The molecule has 0 amide bonds. The summed E-state index contributed by atoms with van der Waals surface area (Å²) in [4.78, 5) is 4.59. The third kappa shape index (κ3) is 3.14. The largest absolute Gasteiger partial charge is 0.310 e. The summed E-state index contributed by atoms with van der Waals surface area (Å²) in [7, 11) is 0. The van der Waals surface area contributed by atoms with Gasteiger partial charge >= 0.3 is 0 Å². The fourth-order valence-corrected chi connectivity index (χ4v) is 2.15. The maximum Gasteiger partial charge on any atom is 0.153 e. The Bertz CT molecular complexity index is 575. The molecule has 0 radical (unpaired) electrons. The smallest absolute Gasteiger partial charge is 0.153 e. The number of nitrogens with one attached hydrogen (secondary N) is 1. The quantitative estimate of drug-likeness (QED) is 0.913. The summed E-state index contributed by atoms with van der Waals surface area (Å²) in [6.45, 7) is 3.00. The summed E-state index contributed by atoms with van der Waals surface area (Å²) in [6.07, 6.45) is 6.92. The zero-order valence-electron chi connectivity index (χ0n) is 10.9. The molecule has 4 nitrogen and oxygen atoms in total. The Balaban J connectivity index is 1.87. The van der Waals surface area contributed by atoms with Crippen LogP contribution in [0.25, 0.3) is 5.82 Å². The molecule has 0 saturated heterocycles. The van der Waals surface area contributed by atoms with Gasteiger partial charge in [-0.25, -0.2) is 9.67 Å². The van der Waals surface area contributed by atoms with E-state index in [0.717, 1.165) is 24.5 Å². The van der Waals surface area contributed by atoms with Crippen LogP contribution >= 0.6 is 11.6 Å². The summed E-state index contributed by atoms with van der Waals surface area (Å²) in [5.74, 6) is 0.832. The van der Waals surface area contributed by atoms with Gasteiger partial charge in [0.05, 0.1) is 17.4 Å². The highest BCUT2D eigenvalue weighted by Crippen LogP contribution is 2.20. The maximum absolute atomic E-state index is 5.91. The molecule has 1 aliphatic rings. The SMILES string of the molecule is CCc1cc(CNC2CC2)cc(-n2cc(Cl)cn2)n1. The molecule has 0 spiro atoms. The summed E-state index contributed by atoms with van der Waals surface area (Å²) >= 11 is 5.91. The van der Waals surface area contributed by atoms with Crippen molar-refractivity contribution >= 4 is 11.6 Å². The lowest BCUT2D eigenvalue weighted by Crippen LogP contribution is -2.16. The Labute approximate surface area is 117 Å². The molecule has 1 aliphatic carbocycles. The van der Waals surface area contributed by atoms with Crippen molar-refractivity contribution in [2.75, 3.05) is 0 Å². The van der Waals surface area contributed by atoms with Gasteiger partial charge in [-0.15, -0.1) is 0 Å². The Hall–Kier alpha value is -1.39. The van der Waals surface area contributed by atoms with E-state index in [9.17, 15) is 0 Å². The minimum atomic E-state index is 0.626. The third-order valence-corrected chi connectivity index (χ3v) is 3.44. The standard InChI is InChI=1S/C14H17ClN4/c1-2-12-5-10(7-16-13-3-4-13)6-14(18-12)19-9-11(15)8-17-19/h5-6,8-9,13,16H,2-4,7H2,1H3. The van der Waals surface area contributed by atoms with Crippen LogP contribution in [0, 0.1) is 0 Å². The molecular formula is C14H17ClN4. The van der Waals surface area contributed by atoms with Gasteiger partial charge in [0.1, 0.15) is 0 Å². The third-order valence-electron chi connectivity index (χ3n) is 3.24. The van der Waals surface area contributed by atoms with Gasteiger partial charge in [-0.3, -0.25) is 0 Å². The second kappa shape index (κ2) is 5.31. The van der Waals surface area contributed by atoms with E-state index in [1.54, 1.807) is 17.1 Å². The van der Waals surface area contributed by atoms with Crippen molar-refractivity contribution in [3.63, 3.8) is 0 Å². The number of aryl methyl sites for hydroxylation is 1. The summed E-state index contributed by atoms with van der Waals surface area (Å²) < 4.78 is 1.72. The van der Waals surface area contributed by atoms with E-state index in [2.05, 4.69) is 34.5 Å². The Morgan fingerprint density at radius 1 is 1.42 bits per heavy atom. The van der Waals surface area contributed by atoms with Crippen molar-refractivity contribution in [1.29, 1.82) is 0 Å². The van der Waals surface area contributed by atoms with Crippen molar-refractivity contribution in [1.82, 2.24) is 20.1 Å². The summed E-state index contributed by atoms with van der Waals surface area (Å²) in [5, 5.41) is 8.36. The lowest BCUT2D eigenvalue weighted by molar-refractivity contribution is 0.684. The molecule has 1 N–H and O–H groups in total. The zero-order chi connectivity index (χ0) is 13.2. The molecule has 0 atom stereocenters. The Morgan fingerprint density at radius 3 is 2.89 bits per heavy atom. The summed E-state index contributed by atoms with van der Waals surface area (Å²) in [5.41, 5.74) is 2.33. The predicted octanol–water partition coefficient (Wildman–Crippen LogP) is 2.74. The molecule has 2 aromatic heterocycles. The second-order valence-corrected chi connectivity index (χ2v) is 5.37. The molecule has 1 saturated carbocycles. The number of aromatic nitrogens is 3. The number of nitrogens with zero attached hydrogens (tertiary/aromatic N) is 3. The van der Waals surface area contributed by atoms with Crippen molar-refractivity contribution in [2.45, 2.75) is 38.8 Å². The van der Waals surface area contributed by atoms with Gasteiger partial charge in [0.25, 0.3) is 0 Å². The minimum Gasteiger partial charge on any atom is -0.310 e. The lowest BCUT2D eigenvalue weighted by atomic mass is 10.2. The molecule has 100 valence electrons. The molecule has 0 aliphatic heterocycles. The first-order valence-corrected chi connectivity index (χ1v) is 7.06. The monoisotopic (exact) mass is 276 g/mol. The maximum atomic E-state index is 5.91. The normalized spacial score (nSPS) is 14.8. The number of hydrogen-bond donors (Lipinski definition) is 1. The second-order valence-electron chi connectivity index (χ2n) is 4.94. The van der Waals surface area contributed by atoms with Gasteiger partial charge in [-0.1, -0.05) is 18.5 Å². The fourth-order valence-electron chi connectivity index (χ4n) is 2.01. The van der Waals surface area contributed by atoms with Crippen LogP contribution < -0.4 is 5.32 Å². The predicted molar refractivity (Wildman–Crippen MR) is 75.6 cm³/mol. The van der Waals surface area contributed by atoms with Crippen LogP contribution in [-0.2, 0) is 13.0 Å². The van der Waals surface area contributed by atoms with Crippen LogP contribution in [0.4, 0.5) is 0 Å². The van der Waals surface area contributed by atoms with Crippen molar-refractivity contribution in [3.8, 4) is 5.82 Å². The number of pyridine rings is 1. The van der Waals surface area contributed by atoms with Crippen molar-refractivity contribution < 1.29 is 0 Å². The van der Waals surface area contributed by atoms with Crippen LogP contribution in [0.5, 0.6) is 0 Å². The molecule has 3 rings (SSSR count). The molecule has 5 heteroatoms. The van der Waals surface area contributed by atoms with E-state index in [0.29, 0.717) is 11.1 Å². The van der Waals surface area contributed by atoms with Gasteiger partial charge < -0.3 is 5.32 Å². The zero-order valence-corrected chi connectivity index (χ0v) is 11.7. The van der Waals surface area contributed by atoms with E-state index in [4.69, 9.17) is 11.6 Å². The first kappa shape index (κ1) is 12.6. The van der Waals surface area contributed by atoms with Crippen molar-refractivity contribution in [2.24, 2.45) is 0 Å². The first-order valence-electron chi connectivity index (χ1n) is 6.68. The molecule has 2 aromatic rings. The van der Waals surface area contributed by atoms with Gasteiger partial charge in [-0.05, 0) is 37.0 Å². The van der Waals surface area contributed by atoms with E-state index in [1.165, 1.54) is 18.4 Å². The van der Waals surface area contributed by atoms with E-state index in [-0.39, 0.29) is 0 Å². The molecular weight excluding hydrogens is 260 g/mol. The molecule has 0 unspecified atom stereocenters. The Kier molecular flexibility index (Phi) is 3.53. The highest BCUT2D eigenvalue weighted by Gasteiger charge is 2.20. The van der Waals surface area contributed by atoms with Crippen LogP contribution in [-0.4, -0.2) is 20.8 Å². The topological polar surface area (TPSA) is 42.7 Å². The average Bonchev–Trinajstić information content (AvgIpc) is 3.16. The molecule has 2 heterocycles. The highest BCUT2D eigenvalue weighted by molar-refractivity contribution is 6.30. The van der Waals surface area contributed by atoms with Gasteiger partial charge in [0.15, 0.2) is 5.82 Å². The number of rotatable bonds is 5. The average molecular weight is 277 g/mol. The minimum absolute atomic E-state index is 0.626. The number of hydrogen-bond acceptors (Lipinski definition) is 3. The lowest BCUT2D eigenvalue weighted by Gasteiger charge is -2.08. The van der Waals surface area contributed by atoms with Crippen LogP contribution in [0.1, 0.15) is 31.0 Å². The molecule has 1 fully saturated rings.